The van der Waals surface area contributed by atoms with Crippen molar-refractivity contribution in [1.82, 2.24) is 9.80 Å². The summed E-state index contributed by atoms with van der Waals surface area (Å²) in [5, 5.41) is 0. The Bertz CT molecular complexity index is 394. The second-order valence-corrected chi connectivity index (χ2v) is 6.13. The molecule has 0 spiro atoms. The van der Waals surface area contributed by atoms with E-state index in [0.717, 1.165) is 0 Å². The highest BCUT2D eigenvalue weighted by atomic mass is 15.2. The van der Waals surface area contributed by atoms with Gasteiger partial charge >= 0.3 is 0 Å². The van der Waals surface area contributed by atoms with Gasteiger partial charge in [-0.1, -0.05) is 17.7 Å². The number of hydrogen-bond donors (Lipinski definition) is 0. The van der Waals surface area contributed by atoms with Gasteiger partial charge in [-0.15, -0.1) is 0 Å². The van der Waals surface area contributed by atoms with Gasteiger partial charge in [0.05, 0.1) is 0 Å². The van der Waals surface area contributed by atoms with Crippen LogP contribution in [0.15, 0.2) is 12.1 Å². The largest absolute Gasteiger partial charge is 0.304 e. The maximum absolute atomic E-state index is 2.61. The van der Waals surface area contributed by atoms with Gasteiger partial charge in [-0.25, -0.2) is 0 Å². The average molecular weight is 260 g/mol. The Kier molecular flexibility index (Phi) is 5.00. The summed E-state index contributed by atoms with van der Waals surface area (Å²) in [7, 11) is 2.22. The summed E-state index contributed by atoms with van der Waals surface area (Å²) in [5.74, 6) is 0. The van der Waals surface area contributed by atoms with Gasteiger partial charge < -0.3 is 9.80 Å². The lowest BCUT2D eigenvalue weighted by molar-refractivity contribution is 0.153. The second kappa shape index (κ2) is 6.53. The van der Waals surface area contributed by atoms with Crippen molar-refractivity contribution >= 4 is 0 Å². The van der Waals surface area contributed by atoms with Crippen LogP contribution in [-0.2, 0) is 6.42 Å². The van der Waals surface area contributed by atoms with Crippen LogP contribution < -0.4 is 0 Å². The summed E-state index contributed by atoms with van der Waals surface area (Å²) in [4.78, 5) is 5.03. The lowest BCUT2D eigenvalue weighted by atomic mass is 9.96. The molecule has 0 radical (unpaired) electrons. The molecule has 1 fully saturated rings. The zero-order valence-electron chi connectivity index (χ0n) is 13.0. The van der Waals surface area contributed by atoms with E-state index in [0.29, 0.717) is 0 Å². The molecule has 106 valence electrons. The predicted octanol–water partition coefficient (Wildman–Crippen LogP) is 2.79. The Morgan fingerprint density at radius 3 is 2.11 bits per heavy atom. The van der Waals surface area contributed by atoms with Crippen molar-refractivity contribution in [2.45, 2.75) is 33.6 Å². The molecule has 1 saturated heterocycles. The van der Waals surface area contributed by atoms with E-state index >= 15 is 0 Å². The summed E-state index contributed by atoms with van der Waals surface area (Å²) in [6.45, 7) is 12.9. The third-order valence-electron chi connectivity index (χ3n) is 4.34. The van der Waals surface area contributed by atoms with Crippen LogP contribution in [0.5, 0.6) is 0 Å². The smallest absolute Gasteiger partial charge is 0.0110 e. The fraction of sp³-hybridized carbons (Fsp3) is 0.647. The van der Waals surface area contributed by atoms with Crippen LogP contribution in [0.1, 0.15) is 28.7 Å². The monoisotopic (exact) mass is 260 g/mol. The Hall–Kier alpha value is -0.860. The third-order valence-corrected chi connectivity index (χ3v) is 4.34. The van der Waals surface area contributed by atoms with E-state index in [1.54, 1.807) is 5.56 Å². The topological polar surface area (TPSA) is 6.48 Å². The quantitative estimate of drug-likeness (QED) is 0.821. The molecule has 1 aliphatic heterocycles. The fourth-order valence-corrected chi connectivity index (χ4v) is 3.16. The van der Waals surface area contributed by atoms with Crippen LogP contribution >= 0.6 is 0 Å². The normalized spacial score (nSPS) is 17.9. The van der Waals surface area contributed by atoms with Crippen LogP contribution in [0.25, 0.3) is 0 Å². The van der Waals surface area contributed by atoms with Gasteiger partial charge in [0, 0.05) is 26.2 Å². The number of piperazine rings is 1. The van der Waals surface area contributed by atoms with Crippen molar-refractivity contribution in [3.05, 3.63) is 34.4 Å². The minimum atomic E-state index is 1.22. The first-order valence-corrected chi connectivity index (χ1v) is 7.54. The predicted molar refractivity (Wildman–Crippen MR) is 82.9 cm³/mol. The molecule has 1 aromatic rings. The SMILES string of the molecule is Cc1cc(C)c(CCCN2CCN(C)CC2)c(C)c1. The van der Waals surface area contributed by atoms with E-state index in [2.05, 4.69) is 49.8 Å². The van der Waals surface area contributed by atoms with Crippen LogP contribution in [0, 0.1) is 20.8 Å². The van der Waals surface area contributed by atoms with E-state index in [4.69, 9.17) is 0 Å². The van der Waals surface area contributed by atoms with E-state index in [1.165, 1.54) is 62.3 Å². The highest BCUT2D eigenvalue weighted by molar-refractivity contribution is 5.37. The molecule has 0 unspecified atom stereocenters. The van der Waals surface area contributed by atoms with E-state index < -0.39 is 0 Å². The molecule has 2 nitrogen and oxygen atoms in total. The van der Waals surface area contributed by atoms with Gasteiger partial charge in [0.15, 0.2) is 0 Å². The van der Waals surface area contributed by atoms with E-state index in [-0.39, 0.29) is 0 Å². The number of likely N-dealkylation sites (N-methyl/N-ethyl adjacent to an activating group) is 1. The zero-order valence-corrected chi connectivity index (χ0v) is 13.0. The number of benzene rings is 1. The Labute approximate surface area is 118 Å². The number of rotatable bonds is 4. The lowest BCUT2D eigenvalue weighted by Crippen LogP contribution is -2.44. The van der Waals surface area contributed by atoms with Crippen LogP contribution in [0.4, 0.5) is 0 Å². The molecule has 0 aliphatic carbocycles. The Balaban J connectivity index is 1.83. The first-order valence-electron chi connectivity index (χ1n) is 7.54. The molecule has 2 heteroatoms. The average Bonchev–Trinajstić information content (AvgIpc) is 2.34. The Morgan fingerprint density at radius 2 is 1.53 bits per heavy atom. The summed E-state index contributed by atoms with van der Waals surface area (Å²) in [6, 6.07) is 4.64. The molecule has 1 aliphatic rings. The Morgan fingerprint density at radius 1 is 0.947 bits per heavy atom. The van der Waals surface area contributed by atoms with Gasteiger partial charge in [0.25, 0.3) is 0 Å². The highest BCUT2D eigenvalue weighted by Gasteiger charge is 2.13. The lowest BCUT2D eigenvalue weighted by Gasteiger charge is -2.32. The maximum Gasteiger partial charge on any atom is 0.0110 e. The minimum Gasteiger partial charge on any atom is -0.304 e. The van der Waals surface area contributed by atoms with Gasteiger partial charge in [-0.05, 0) is 63.9 Å². The van der Waals surface area contributed by atoms with Gasteiger partial charge in [-0.2, -0.15) is 0 Å². The molecular formula is C17H28N2. The van der Waals surface area contributed by atoms with Crippen molar-refractivity contribution < 1.29 is 0 Å². The fourth-order valence-electron chi connectivity index (χ4n) is 3.16. The summed E-state index contributed by atoms with van der Waals surface area (Å²) in [6.07, 6.45) is 2.51. The molecule has 0 amide bonds. The first kappa shape index (κ1) is 14.5. The third kappa shape index (κ3) is 4.05. The molecule has 0 aromatic heterocycles. The standard InChI is InChI=1S/C17H28N2/c1-14-12-15(2)17(16(3)13-14)6-5-7-19-10-8-18(4)9-11-19/h12-13H,5-11H2,1-4H3. The van der Waals surface area contributed by atoms with Crippen LogP contribution in [0.3, 0.4) is 0 Å². The van der Waals surface area contributed by atoms with Gasteiger partial charge in [0.2, 0.25) is 0 Å². The van der Waals surface area contributed by atoms with Crippen molar-refractivity contribution in [3.63, 3.8) is 0 Å². The zero-order chi connectivity index (χ0) is 13.8. The summed E-state index contributed by atoms with van der Waals surface area (Å²) in [5.41, 5.74) is 5.89. The van der Waals surface area contributed by atoms with Gasteiger partial charge in [0.1, 0.15) is 0 Å². The molecule has 1 aromatic carbocycles. The molecule has 0 atom stereocenters. The van der Waals surface area contributed by atoms with E-state index in [9.17, 15) is 0 Å². The van der Waals surface area contributed by atoms with Gasteiger partial charge in [-0.3, -0.25) is 0 Å². The van der Waals surface area contributed by atoms with Crippen LogP contribution in [-0.4, -0.2) is 49.6 Å². The molecule has 0 N–H and O–H groups in total. The molecule has 2 rings (SSSR count). The maximum atomic E-state index is 2.61. The second-order valence-electron chi connectivity index (χ2n) is 6.13. The number of hydrogen-bond acceptors (Lipinski definition) is 2. The molecular weight excluding hydrogens is 232 g/mol. The number of aryl methyl sites for hydroxylation is 3. The minimum absolute atomic E-state index is 1.22. The van der Waals surface area contributed by atoms with Crippen molar-refractivity contribution in [1.29, 1.82) is 0 Å². The molecule has 1 heterocycles. The molecule has 0 saturated carbocycles. The molecule has 19 heavy (non-hydrogen) atoms. The van der Waals surface area contributed by atoms with Crippen LogP contribution in [0.2, 0.25) is 0 Å². The van der Waals surface area contributed by atoms with Crippen molar-refractivity contribution in [2.75, 3.05) is 39.8 Å². The van der Waals surface area contributed by atoms with E-state index in [1.807, 2.05) is 0 Å². The first-order chi connectivity index (χ1) is 9.06. The van der Waals surface area contributed by atoms with Crippen molar-refractivity contribution in [2.24, 2.45) is 0 Å². The highest BCUT2D eigenvalue weighted by Crippen LogP contribution is 2.18. The number of nitrogens with zero attached hydrogens (tertiary/aromatic N) is 2. The molecule has 0 bridgehead atoms. The summed E-state index contributed by atoms with van der Waals surface area (Å²) < 4.78 is 0. The summed E-state index contributed by atoms with van der Waals surface area (Å²) >= 11 is 0. The van der Waals surface area contributed by atoms with Crippen molar-refractivity contribution in [3.8, 4) is 0 Å².